The third kappa shape index (κ3) is 6.02. The van der Waals surface area contributed by atoms with Gasteiger partial charge >= 0.3 is 0 Å². The van der Waals surface area contributed by atoms with E-state index >= 15 is 0 Å². The van der Waals surface area contributed by atoms with Gasteiger partial charge in [0.05, 0.1) is 0 Å². The lowest BCUT2D eigenvalue weighted by Crippen LogP contribution is -2.23. The van der Waals surface area contributed by atoms with Crippen molar-refractivity contribution < 1.29 is 4.79 Å². The first-order valence-electron chi connectivity index (χ1n) is 9.50. The first kappa shape index (κ1) is 20.8. The molecular weight excluding hydrogens is 378 g/mol. The summed E-state index contributed by atoms with van der Waals surface area (Å²) in [5.41, 5.74) is 4.12. The molecule has 2 nitrogen and oxygen atoms in total. The van der Waals surface area contributed by atoms with Crippen LogP contribution in [0.4, 0.5) is 0 Å². The van der Waals surface area contributed by atoms with Gasteiger partial charge in [-0.2, -0.15) is 0 Å². The largest absolute Gasteiger partial charge is 0.298 e. The fourth-order valence-electron chi connectivity index (χ4n) is 3.20. The number of rotatable bonds is 8. The minimum absolute atomic E-state index is 0.0592. The van der Waals surface area contributed by atoms with Gasteiger partial charge in [0.25, 0.3) is 0 Å². The SMILES string of the molecule is C=C(CN(C)Cc1ccccc1)C(=O)/C(=C/c1cccc(Cl)c1)c1ccccc1. The average Bonchev–Trinajstić information content (AvgIpc) is 2.73. The predicted octanol–water partition coefficient (Wildman–Crippen LogP) is 6.14. The summed E-state index contributed by atoms with van der Waals surface area (Å²) in [5, 5.41) is 0.639. The van der Waals surface area contributed by atoms with Gasteiger partial charge in [-0.1, -0.05) is 91.0 Å². The lowest BCUT2D eigenvalue weighted by molar-refractivity contribution is -0.110. The Labute approximate surface area is 177 Å². The van der Waals surface area contributed by atoms with Crippen molar-refractivity contribution >= 4 is 29.0 Å². The molecule has 0 heterocycles. The van der Waals surface area contributed by atoms with Crippen LogP contribution in [0, 0.1) is 0 Å². The van der Waals surface area contributed by atoms with E-state index in [1.54, 1.807) is 0 Å². The normalized spacial score (nSPS) is 11.5. The molecule has 0 N–H and O–H groups in total. The second kappa shape index (κ2) is 10.0. The number of halogens is 1. The Hall–Kier alpha value is -2.94. The Morgan fingerprint density at radius 3 is 2.28 bits per heavy atom. The van der Waals surface area contributed by atoms with E-state index in [-0.39, 0.29) is 5.78 Å². The molecule has 0 bridgehead atoms. The summed E-state index contributed by atoms with van der Waals surface area (Å²) in [7, 11) is 1.99. The van der Waals surface area contributed by atoms with Crippen molar-refractivity contribution in [2.75, 3.05) is 13.6 Å². The quantitative estimate of drug-likeness (QED) is 0.334. The standard InChI is InChI=1S/C26H24ClNO/c1-20(18-28(2)19-21-10-5-3-6-11-21)26(29)25(23-13-7-4-8-14-23)17-22-12-9-15-24(27)16-22/h3-17H,1,18-19H2,2H3/b25-17+. The van der Waals surface area contributed by atoms with E-state index in [2.05, 4.69) is 23.6 Å². The number of allylic oxidation sites excluding steroid dienone is 1. The van der Waals surface area contributed by atoms with E-state index in [1.165, 1.54) is 5.56 Å². The number of hydrogen-bond donors (Lipinski definition) is 0. The molecule has 3 aromatic carbocycles. The molecule has 3 rings (SSSR count). The van der Waals surface area contributed by atoms with Gasteiger partial charge in [0, 0.05) is 29.3 Å². The molecule has 0 atom stereocenters. The van der Waals surface area contributed by atoms with Crippen LogP contribution < -0.4 is 0 Å². The van der Waals surface area contributed by atoms with Crippen molar-refractivity contribution in [1.82, 2.24) is 4.90 Å². The van der Waals surface area contributed by atoms with Crippen molar-refractivity contribution in [1.29, 1.82) is 0 Å². The van der Waals surface area contributed by atoms with E-state index < -0.39 is 0 Å². The molecule has 0 spiro atoms. The van der Waals surface area contributed by atoms with E-state index in [0.29, 0.717) is 22.7 Å². The molecule has 0 saturated carbocycles. The van der Waals surface area contributed by atoms with Crippen molar-refractivity contribution in [2.45, 2.75) is 6.54 Å². The van der Waals surface area contributed by atoms with Gasteiger partial charge in [-0.3, -0.25) is 9.69 Å². The van der Waals surface area contributed by atoms with Crippen LogP contribution in [0.2, 0.25) is 5.02 Å². The third-order valence-corrected chi connectivity index (χ3v) is 4.80. The molecule has 3 heteroatoms. The zero-order valence-electron chi connectivity index (χ0n) is 16.5. The minimum Gasteiger partial charge on any atom is -0.298 e. The molecular formula is C26H24ClNO. The molecule has 3 aromatic rings. The second-order valence-corrected chi connectivity index (χ2v) is 7.51. The van der Waals surface area contributed by atoms with E-state index in [4.69, 9.17) is 11.6 Å². The van der Waals surface area contributed by atoms with Gasteiger partial charge in [0.15, 0.2) is 5.78 Å². The van der Waals surface area contributed by atoms with Crippen molar-refractivity contribution in [3.05, 3.63) is 119 Å². The van der Waals surface area contributed by atoms with E-state index in [0.717, 1.165) is 17.7 Å². The molecule has 0 aromatic heterocycles. The Morgan fingerprint density at radius 1 is 0.966 bits per heavy atom. The number of nitrogens with zero attached hydrogens (tertiary/aromatic N) is 1. The summed E-state index contributed by atoms with van der Waals surface area (Å²) in [4.78, 5) is 15.4. The van der Waals surface area contributed by atoms with Gasteiger partial charge in [0.1, 0.15) is 0 Å². The van der Waals surface area contributed by atoms with E-state index in [1.807, 2.05) is 85.9 Å². The van der Waals surface area contributed by atoms with Crippen LogP contribution in [0.25, 0.3) is 11.6 Å². The average molecular weight is 402 g/mol. The van der Waals surface area contributed by atoms with Crippen LogP contribution in [0.1, 0.15) is 16.7 Å². The highest BCUT2D eigenvalue weighted by Crippen LogP contribution is 2.23. The van der Waals surface area contributed by atoms with Crippen LogP contribution in [-0.2, 0) is 11.3 Å². The Kier molecular flexibility index (Phi) is 7.18. The van der Waals surface area contributed by atoms with Gasteiger partial charge in [0.2, 0.25) is 0 Å². The zero-order chi connectivity index (χ0) is 20.6. The van der Waals surface area contributed by atoms with Gasteiger partial charge in [-0.05, 0) is 41.9 Å². The highest BCUT2D eigenvalue weighted by molar-refractivity contribution is 6.33. The van der Waals surface area contributed by atoms with Crippen LogP contribution in [0.3, 0.4) is 0 Å². The highest BCUT2D eigenvalue weighted by atomic mass is 35.5. The summed E-state index contributed by atoms with van der Waals surface area (Å²) in [6.45, 7) is 5.33. The number of carbonyl (C=O) groups is 1. The van der Waals surface area contributed by atoms with Gasteiger partial charge in [-0.25, -0.2) is 0 Å². The van der Waals surface area contributed by atoms with Crippen molar-refractivity contribution in [3.63, 3.8) is 0 Å². The number of benzene rings is 3. The van der Waals surface area contributed by atoms with Crippen molar-refractivity contribution in [2.24, 2.45) is 0 Å². The van der Waals surface area contributed by atoms with Crippen LogP contribution in [-0.4, -0.2) is 24.3 Å². The fraction of sp³-hybridized carbons (Fsp3) is 0.115. The molecule has 0 radical (unpaired) electrons. The molecule has 0 aliphatic carbocycles. The molecule has 0 fully saturated rings. The van der Waals surface area contributed by atoms with Crippen molar-refractivity contribution in [3.8, 4) is 0 Å². The topological polar surface area (TPSA) is 20.3 Å². The number of ketones is 1. The number of carbonyl (C=O) groups excluding carboxylic acids is 1. The summed E-state index contributed by atoms with van der Waals surface area (Å²) in [6.07, 6.45) is 1.88. The summed E-state index contributed by atoms with van der Waals surface area (Å²) >= 11 is 6.12. The Morgan fingerprint density at radius 2 is 1.62 bits per heavy atom. The maximum absolute atomic E-state index is 13.3. The maximum atomic E-state index is 13.3. The summed E-state index contributed by atoms with van der Waals surface area (Å²) < 4.78 is 0. The first-order chi connectivity index (χ1) is 14.0. The third-order valence-electron chi connectivity index (χ3n) is 4.57. The number of Topliss-reactive ketones (excluding diaryl/α,β-unsaturated/α-hetero) is 1. The molecule has 29 heavy (non-hydrogen) atoms. The molecule has 0 saturated heterocycles. The van der Waals surface area contributed by atoms with Crippen LogP contribution in [0.5, 0.6) is 0 Å². The highest BCUT2D eigenvalue weighted by Gasteiger charge is 2.17. The molecule has 146 valence electrons. The summed E-state index contributed by atoms with van der Waals surface area (Å²) in [5.74, 6) is -0.0592. The lowest BCUT2D eigenvalue weighted by Gasteiger charge is -2.18. The minimum atomic E-state index is -0.0592. The molecule has 0 amide bonds. The molecule has 0 aliphatic heterocycles. The predicted molar refractivity (Wildman–Crippen MR) is 123 cm³/mol. The number of likely N-dealkylation sites (N-methyl/N-ethyl adjacent to an activating group) is 1. The van der Waals surface area contributed by atoms with Gasteiger partial charge in [-0.15, -0.1) is 0 Å². The smallest absolute Gasteiger partial charge is 0.190 e. The van der Waals surface area contributed by atoms with Crippen LogP contribution in [0.15, 0.2) is 97.1 Å². The lowest BCUT2D eigenvalue weighted by atomic mass is 9.95. The second-order valence-electron chi connectivity index (χ2n) is 7.07. The molecule has 0 aliphatic rings. The molecule has 0 unspecified atom stereocenters. The Balaban J connectivity index is 1.81. The Bertz CT molecular complexity index is 1010. The van der Waals surface area contributed by atoms with Gasteiger partial charge < -0.3 is 0 Å². The maximum Gasteiger partial charge on any atom is 0.190 e. The monoisotopic (exact) mass is 401 g/mol. The van der Waals surface area contributed by atoms with E-state index in [9.17, 15) is 4.79 Å². The van der Waals surface area contributed by atoms with Crippen LogP contribution >= 0.6 is 11.6 Å². The summed E-state index contributed by atoms with van der Waals surface area (Å²) in [6, 6.07) is 27.4. The number of hydrogen-bond acceptors (Lipinski definition) is 2. The first-order valence-corrected chi connectivity index (χ1v) is 9.88. The zero-order valence-corrected chi connectivity index (χ0v) is 17.3. The fourth-order valence-corrected chi connectivity index (χ4v) is 3.40.